The zero-order chi connectivity index (χ0) is 20.1. The second kappa shape index (κ2) is 8.50. The summed E-state index contributed by atoms with van der Waals surface area (Å²) < 4.78 is 25.0. The van der Waals surface area contributed by atoms with Gasteiger partial charge in [-0.15, -0.1) is 0 Å². The summed E-state index contributed by atoms with van der Waals surface area (Å²) in [5, 5.41) is 6.75. The highest BCUT2D eigenvalue weighted by atomic mass is 19.1. The molecule has 2 aromatic rings. The first-order chi connectivity index (χ1) is 13.5. The molecule has 0 saturated heterocycles. The highest BCUT2D eigenvalue weighted by Gasteiger charge is 2.45. The van der Waals surface area contributed by atoms with E-state index in [-0.39, 0.29) is 17.3 Å². The molecule has 2 aromatic carbocycles. The number of nitrogens with one attached hydrogen (secondary N) is 2. The summed E-state index contributed by atoms with van der Waals surface area (Å²) in [6, 6.07) is 12.7. The van der Waals surface area contributed by atoms with Crippen molar-refractivity contribution in [1.82, 2.24) is 10.6 Å². The van der Waals surface area contributed by atoms with Crippen LogP contribution in [0.1, 0.15) is 36.9 Å². The molecule has 1 fully saturated rings. The molecule has 0 aliphatic heterocycles. The smallest absolute Gasteiger partial charge is 0.191 e. The SMILES string of the molecule is CN=C(NCC1(c2ccccc2F)CC1)NC(C)c1cc(OC)ccc1OC. The molecule has 3 rings (SSSR count). The van der Waals surface area contributed by atoms with E-state index < -0.39 is 0 Å². The summed E-state index contributed by atoms with van der Waals surface area (Å²) in [6.45, 7) is 2.67. The first-order valence-corrected chi connectivity index (χ1v) is 9.47. The predicted molar refractivity (Wildman–Crippen MR) is 110 cm³/mol. The molecule has 28 heavy (non-hydrogen) atoms. The molecule has 1 aliphatic carbocycles. The molecule has 5 nitrogen and oxygen atoms in total. The zero-order valence-corrected chi connectivity index (χ0v) is 16.9. The van der Waals surface area contributed by atoms with Crippen LogP contribution in [0.4, 0.5) is 4.39 Å². The third-order valence-electron chi connectivity index (χ3n) is 5.37. The molecule has 0 bridgehead atoms. The lowest BCUT2D eigenvalue weighted by Gasteiger charge is -2.23. The number of halogens is 1. The van der Waals surface area contributed by atoms with E-state index >= 15 is 0 Å². The van der Waals surface area contributed by atoms with Crippen molar-refractivity contribution in [2.24, 2.45) is 4.99 Å². The molecule has 150 valence electrons. The number of benzene rings is 2. The number of methoxy groups -OCH3 is 2. The van der Waals surface area contributed by atoms with Gasteiger partial charge < -0.3 is 20.1 Å². The number of ether oxygens (including phenoxy) is 2. The number of rotatable bonds is 7. The van der Waals surface area contributed by atoms with E-state index in [4.69, 9.17) is 9.47 Å². The fourth-order valence-corrected chi connectivity index (χ4v) is 3.49. The van der Waals surface area contributed by atoms with Gasteiger partial charge in [-0.1, -0.05) is 18.2 Å². The Kier molecular flexibility index (Phi) is 6.07. The van der Waals surface area contributed by atoms with E-state index in [2.05, 4.69) is 15.6 Å². The van der Waals surface area contributed by atoms with E-state index in [9.17, 15) is 4.39 Å². The topological polar surface area (TPSA) is 54.9 Å². The number of hydrogen-bond acceptors (Lipinski definition) is 3. The van der Waals surface area contributed by atoms with Crippen molar-refractivity contribution in [3.05, 3.63) is 59.4 Å². The van der Waals surface area contributed by atoms with Gasteiger partial charge in [-0.05, 0) is 49.6 Å². The number of guanidine groups is 1. The van der Waals surface area contributed by atoms with Crippen LogP contribution in [0.25, 0.3) is 0 Å². The minimum absolute atomic E-state index is 0.0557. The van der Waals surface area contributed by atoms with Crippen molar-refractivity contribution in [1.29, 1.82) is 0 Å². The largest absolute Gasteiger partial charge is 0.497 e. The van der Waals surface area contributed by atoms with Gasteiger partial charge in [-0.25, -0.2) is 4.39 Å². The van der Waals surface area contributed by atoms with Gasteiger partial charge in [0.05, 0.1) is 20.3 Å². The molecule has 1 unspecified atom stereocenters. The van der Waals surface area contributed by atoms with Crippen LogP contribution in [-0.2, 0) is 5.41 Å². The van der Waals surface area contributed by atoms with Crippen molar-refractivity contribution in [2.75, 3.05) is 27.8 Å². The monoisotopic (exact) mass is 385 g/mol. The number of aliphatic imine (C=N–C) groups is 1. The van der Waals surface area contributed by atoms with Crippen LogP contribution in [0, 0.1) is 5.82 Å². The van der Waals surface area contributed by atoms with Crippen molar-refractivity contribution in [3.63, 3.8) is 0 Å². The lowest BCUT2D eigenvalue weighted by atomic mass is 9.95. The van der Waals surface area contributed by atoms with Gasteiger partial charge in [0.15, 0.2) is 5.96 Å². The second-order valence-corrected chi connectivity index (χ2v) is 7.16. The Labute approximate surface area is 166 Å². The second-order valence-electron chi connectivity index (χ2n) is 7.16. The molecule has 0 aromatic heterocycles. The Hall–Kier alpha value is -2.76. The number of nitrogens with zero attached hydrogens (tertiary/aromatic N) is 1. The summed E-state index contributed by atoms with van der Waals surface area (Å²) >= 11 is 0. The fourth-order valence-electron chi connectivity index (χ4n) is 3.49. The molecular formula is C22H28FN3O2. The summed E-state index contributed by atoms with van der Waals surface area (Å²) in [6.07, 6.45) is 1.94. The third kappa shape index (κ3) is 4.21. The lowest BCUT2D eigenvalue weighted by Crippen LogP contribution is -2.42. The minimum atomic E-state index is -0.153. The van der Waals surface area contributed by atoms with Crippen LogP contribution >= 0.6 is 0 Å². The Balaban J connectivity index is 1.68. The highest BCUT2D eigenvalue weighted by Crippen LogP contribution is 2.48. The Bertz CT molecular complexity index is 849. The van der Waals surface area contributed by atoms with Gasteiger partial charge in [-0.3, -0.25) is 4.99 Å². The van der Waals surface area contributed by atoms with Crippen molar-refractivity contribution < 1.29 is 13.9 Å². The van der Waals surface area contributed by atoms with E-state index in [1.807, 2.05) is 37.3 Å². The van der Waals surface area contributed by atoms with Crippen LogP contribution in [0.15, 0.2) is 47.5 Å². The van der Waals surface area contributed by atoms with Crippen LogP contribution in [0.3, 0.4) is 0 Å². The average molecular weight is 385 g/mol. The maximum absolute atomic E-state index is 14.2. The van der Waals surface area contributed by atoms with E-state index in [0.717, 1.165) is 35.5 Å². The number of hydrogen-bond donors (Lipinski definition) is 2. The van der Waals surface area contributed by atoms with Crippen LogP contribution in [0.2, 0.25) is 0 Å². The molecule has 1 aliphatic rings. The first kappa shape index (κ1) is 20.0. The van der Waals surface area contributed by atoms with Crippen molar-refractivity contribution in [3.8, 4) is 11.5 Å². The predicted octanol–water partition coefficient (Wildman–Crippen LogP) is 3.80. The van der Waals surface area contributed by atoms with Crippen LogP contribution in [-0.4, -0.2) is 33.8 Å². The Morgan fingerprint density at radius 2 is 1.93 bits per heavy atom. The van der Waals surface area contributed by atoms with Gasteiger partial charge in [0, 0.05) is 24.6 Å². The van der Waals surface area contributed by atoms with Gasteiger partial charge >= 0.3 is 0 Å². The molecule has 1 atom stereocenters. The van der Waals surface area contributed by atoms with Crippen LogP contribution in [0.5, 0.6) is 11.5 Å². The van der Waals surface area contributed by atoms with Crippen molar-refractivity contribution >= 4 is 5.96 Å². The molecule has 6 heteroatoms. The van der Waals surface area contributed by atoms with E-state index in [1.54, 1.807) is 27.3 Å². The lowest BCUT2D eigenvalue weighted by molar-refractivity contribution is 0.394. The normalized spacial score (nSPS) is 16.2. The first-order valence-electron chi connectivity index (χ1n) is 9.47. The third-order valence-corrected chi connectivity index (χ3v) is 5.37. The average Bonchev–Trinajstić information content (AvgIpc) is 3.51. The quantitative estimate of drug-likeness (QED) is 0.562. The summed E-state index contributed by atoms with van der Waals surface area (Å²) in [5.74, 6) is 2.07. The fraction of sp³-hybridized carbons (Fsp3) is 0.409. The molecule has 0 spiro atoms. The molecule has 2 N–H and O–H groups in total. The minimum Gasteiger partial charge on any atom is -0.497 e. The summed E-state index contributed by atoms with van der Waals surface area (Å²) in [4.78, 5) is 4.33. The maximum Gasteiger partial charge on any atom is 0.191 e. The van der Waals surface area contributed by atoms with Crippen LogP contribution < -0.4 is 20.1 Å². The standard InChI is InChI=1S/C22H28FN3O2/c1-15(17-13-16(27-3)9-10-20(17)28-4)26-21(24-2)25-14-22(11-12-22)18-7-5-6-8-19(18)23/h5-10,13,15H,11-12,14H2,1-4H3,(H2,24,25,26). The highest BCUT2D eigenvalue weighted by molar-refractivity contribution is 5.80. The van der Waals surface area contributed by atoms with Gasteiger partial charge in [0.1, 0.15) is 17.3 Å². The zero-order valence-electron chi connectivity index (χ0n) is 16.9. The molecule has 0 radical (unpaired) electrons. The molecule has 0 amide bonds. The van der Waals surface area contributed by atoms with Gasteiger partial charge in [0.2, 0.25) is 0 Å². The summed E-state index contributed by atoms with van der Waals surface area (Å²) in [5.41, 5.74) is 1.60. The van der Waals surface area contributed by atoms with Gasteiger partial charge in [-0.2, -0.15) is 0 Å². The molecular weight excluding hydrogens is 357 g/mol. The molecule has 1 saturated carbocycles. The maximum atomic E-state index is 14.2. The van der Waals surface area contributed by atoms with E-state index in [1.165, 1.54) is 6.07 Å². The molecule has 0 heterocycles. The van der Waals surface area contributed by atoms with E-state index in [0.29, 0.717) is 12.5 Å². The Morgan fingerprint density at radius 1 is 1.18 bits per heavy atom. The van der Waals surface area contributed by atoms with Gasteiger partial charge in [0.25, 0.3) is 0 Å². The Morgan fingerprint density at radius 3 is 2.54 bits per heavy atom. The van der Waals surface area contributed by atoms with Crippen molar-refractivity contribution in [2.45, 2.75) is 31.2 Å². The summed E-state index contributed by atoms with van der Waals surface area (Å²) in [7, 11) is 5.02.